The number of amides is 2. The molecule has 1 N–H and O–H groups in total. The van der Waals surface area contributed by atoms with E-state index in [-0.39, 0.29) is 12.1 Å². The monoisotopic (exact) mass is 244 g/mol. The maximum Gasteiger partial charge on any atom is 0.317 e. The molecule has 0 radical (unpaired) electrons. The molecule has 4 nitrogen and oxygen atoms in total. The molecule has 17 heavy (non-hydrogen) atoms. The van der Waals surface area contributed by atoms with Gasteiger partial charge < -0.3 is 15.0 Å². The van der Waals surface area contributed by atoms with E-state index < -0.39 is 0 Å². The second kappa shape index (κ2) is 10.4. The van der Waals surface area contributed by atoms with Crippen LogP contribution in [0.2, 0.25) is 0 Å². The summed E-state index contributed by atoms with van der Waals surface area (Å²) in [6, 6.07) is 0.0468. The zero-order valence-electron chi connectivity index (χ0n) is 11.8. The molecule has 0 saturated carbocycles. The summed E-state index contributed by atoms with van der Waals surface area (Å²) in [6.07, 6.45) is 3.32. The van der Waals surface area contributed by atoms with Crippen molar-refractivity contribution in [1.29, 1.82) is 0 Å². The normalized spacial score (nSPS) is 10.6. The molecule has 0 spiro atoms. The molecule has 0 aliphatic rings. The highest BCUT2D eigenvalue weighted by Gasteiger charge is 2.09. The first kappa shape index (κ1) is 16.2. The fraction of sp³-hybridized carbons (Fsp3) is 0.923. The first-order chi connectivity index (χ1) is 8.11. The number of carbonyl (C=O) groups is 1. The smallest absolute Gasteiger partial charge is 0.317 e. The van der Waals surface area contributed by atoms with Crippen molar-refractivity contribution in [3.8, 4) is 0 Å². The van der Waals surface area contributed by atoms with Crippen molar-refractivity contribution in [1.82, 2.24) is 10.2 Å². The minimum Gasteiger partial charge on any atom is -0.379 e. The Kier molecular flexibility index (Phi) is 9.92. The number of carbonyl (C=O) groups excluding carboxylic acids is 1. The number of unbranched alkanes of at least 4 members (excludes halogenated alkanes) is 1. The van der Waals surface area contributed by atoms with Gasteiger partial charge in [-0.25, -0.2) is 4.79 Å². The fourth-order valence-corrected chi connectivity index (χ4v) is 1.45. The van der Waals surface area contributed by atoms with Gasteiger partial charge in [0.2, 0.25) is 0 Å². The van der Waals surface area contributed by atoms with Crippen molar-refractivity contribution < 1.29 is 9.53 Å². The molecule has 0 atom stereocenters. The van der Waals surface area contributed by atoms with Crippen molar-refractivity contribution in [3.05, 3.63) is 0 Å². The Morgan fingerprint density at radius 3 is 2.53 bits per heavy atom. The molecular formula is C13H28N2O2. The van der Waals surface area contributed by atoms with E-state index in [1.165, 1.54) is 0 Å². The van der Waals surface area contributed by atoms with Gasteiger partial charge in [-0.1, -0.05) is 13.3 Å². The number of nitrogens with one attached hydrogen (secondary N) is 1. The van der Waals surface area contributed by atoms with E-state index in [9.17, 15) is 4.79 Å². The summed E-state index contributed by atoms with van der Waals surface area (Å²) in [6.45, 7) is 11.2. The summed E-state index contributed by atoms with van der Waals surface area (Å²) in [5, 5.41) is 2.92. The van der Waals surface area contributed by atoms with Gasteiger partial charge in [-0.3, -0.25) is 0 Å². The van der Waals surface area contributed by atoms with Crippen LogP contribution in [-0.2, 0) is 4.74 Å². The largest absolute Gasteiger partial charge is 0.379 e. The number of rotatable bonds is 9. The van der Waals surface area contributed by atoms with E-state index in [0.717, 1.165) is 32.4 Å². The molecule has 0 rings (SSSR count). The minimum atomic E-state index is 0.0468. The van der Waals surface area contributed by atoms with Crippen LogP contribution in [0.25, 0.3) is 0 Å². The fourth-order valence-electron chi connectivity index (χ4n) is 1.45. The van der Waals surface area contributed by atoms with E-state index >= 15 is 0 Å². The van der Waals surface area contributed by atoms with Crippen LogP contribution in [0.1, 0.15) is 47.0 Å². The Hall–Kier alpha value is -0.770. The summed E-state index contributed by atoms with van der Waals surface area (Å²) in [5.41, 5.74) is 0. The van der Waals surface area contributed by atoms with Crippen molar-refractivity contribution in [2.24, 2.45) is 0 Å². The SMILES string of the molecule is CCCCN(CC)C(=O)NCCCOC(C)C. The first-order valence-corrected chi connectivity index (χ1v) is 6.76. The van der Waals surface area contributed by atoms with Crippen LogP contribution in [0.3, 0.4) is 0 Å². The minimum absolute atomic E-state index is 0.0468. The van der Waals surface area contributed by atoms with Crippen molar-refractivity contribution >= 4 is 6.03 Å². The number of hydrogen-bond donors (Lipinski definition) is 1. The highest BCUT2D eigenvalue weighted by atomic mass is 16.5. The first-order valence-electron chi connectivity index (χ1n) is 6.76. The molecule has 0 aliphatic carbocycles. The molecule has 0 fully saturated rings. The van der Waals surface area contributed by atoms with Gasteiger partial charge in [-0.05, 0) is 33.6 Å². The highest BCUT2D eigenvalue weighted by molar-refractivity contribution is 5.74. The van der Waals surface area contributed by atoms with Crippen LogP contribution >= 0.6 is 0 Å². The topological polar surface area (TPSA) is 41.6 Å². The van der Waals surface area contributed by atoms with Crippen LogP contribution in [0, 0.1) is 0 Å². The van der Waals surface area contributed by atoms with Crippen LogP contribution in [0.15, 0.2) is 0 Å². The highest BCUT2D eigenvalue weighted by Crippen LogP contribution is 1.96. The number of urea groups is 1. The molecular weight excluding hydrogens is 216 g/mol. The lowest BCUT2D eigenvalue weighted by Gasteiger charge is -2.21. The zero-order valence-corrected chi connectivity index (χ0v) is 11.8. The second-order valence-corrected chi connectivity index (χ2v) is 4.44. The maximum absolute atomic E-state index is 11.8. The Bertz CT molecular complexity index is 196. The summed E-state index contributed by atoms with van der Waals surface area (Å²) >= 11 is 0. The second-order valence-electron chi connectivity index (χ2n) is 4.44. The van der Waals surface area contributed by atoms with Gasteiger partial charge in [-0.15, -0.1) is 0 Å². The van der Waals surface area contributed by atoms with Crippen LogP contribution in [-0.4, -0.2) is 43.3 Å². The van der Waals surface area contributed by atoms with E-state index in [4.69, 9.17) is 4.74 Å². The Labute approximate surface area is 106 Å². The quantitative estimate of drug-likeness (QED) is 0.633. The molecule has 0 aromatic carbocycles. The van der Waals surface area contributed by atoms with E-state index in [0.29, 0.717) is 13.2 Å². The third-order valence-corrected chi connectivity index (χ3v) is 2.50. The van der Waals surface area contributed by atoms with Gasteiger partial charge in [0.05, 0.1) is 6.10 Å². The summed E-state index contributed by atoms with van der Waals surface area (Å²) in [4.78, 5) is 13.6. The van der Waals surface area contributed by atoms with E-state index in [1.54, 1.807) is 0 Å². The molecule has 0 saturated heterocycles. The summed E-state index contributed by atoms with van der Waals surface area (Å²) < 4.78 is 5.41. The van der Waals surface area contributed by atoms with Gasteiger partial charge in [0.15, 0.2) is 0 Å². The van der Waals surface area contributed by atoms with Crippen molar-refractivity contribution in [2.75, 3.05) is 26.2 Å². The molecule has 2 amide bonds. The molecule has 0 unspecified atom stereocenters. The van der Waals surface area contributed by atoms with Gasteiger partial charge in [0.25, 0.3) is 0 Å². The molecule has 102 valence electrons. The standard InChI is InChI=1S/C13H28N2O2/c1-5-7-10-15(6-2)13(16)14-9-8-11-17-12(3)4/h12H,5-11H2,1-4H3,(H,14,16). The summed E-state index contributed by atoms with van der Waals surface area (Å²) in [5.74, 6) is 0. The Balaban J connectivity index is 3.60. The predicted octanol–water partition coefficient (Wildman–Crippen LogP) is 2.63. The molecule has 0 aromatic heterocycles. The van der Waals surface area contributed by atoms with E-state index in [1.807, 2.05) is 25.7 Å². The number of nitrogens with zero attached hydrogens (tertiary/aromatic N) is 1. The third kappa shape index (κ3) is 8.98. The molecule has 4 heteroatoms. The maximum atomic E-state index is 11.8. The predicted molar refractivity (Wildman–Crippen MR) is 71.3 cm³/mol. The third-order valence-electron chi connectivity index (χ3n) is 2.50. The lowest BCUT2D eigenvalue weighted by atomic mass is 10.3. The molecule has 0 bridgehead atoms. The van der Waals surface area contributed by atoms with Crippen molar-refractivity contribution in [3.63, 3.8) is 0 Å². The van der Waals surface area contributed by atoms with Crippen LogP contribution in [0.5, 0.6) is 0 Å². The van der Waals surface area contributed by atoms with Gasteiger partial charge in [0.1, 0.15) is 0 Å². The Morgan fingerprint density at radius 1 is 1.29 bits per heavy atom. The van der Waals surface area contributed by atoms with Gasteiger partial charge >= 0.3 is 6.03 Å². The van der Waals surface area contributed by atoms with Crippen LogP contribution in [0.4, 0.5) is 4.79 Å². The lowest BCUT2D eigenvalue weighted by molar-refractivity contribution is 0.0772. The zero-order chi connectivity index (χ0) is 13.1. The molecule has 0 aliphatic heterocycles. The molecule has 0 heterocycles. The summed E-state index contributed by atoms with van der Waals surface area (Å²) in [7, 11) is 0. The average Bonchev–Trinajstić information content (AvgIpc) is 2.29. The number of hydrogen-bond acceptors (Lipinski definition) is 2. The molecule has 0 aromatic rings. The van der Waals surface area contributed by atoms with Gasteiger partial charge in [-0.2, -0.15) is 0 Å². The average molecular weight is 244 g/mol. The van der Waals surface area contributed by atoms with Crippen LogP contribution < -0.4 is 5.32 Å². The van der Waals surface area contributed by atoms with Gasteiger partial charge in [0, 0.05) is 26.2 Å². The van der Waals surface area contributed by atoms with Crippen molar-refractivity contribution in [2.45, 2.75) is 53.1 Å². The number of ether oxygens (including phenoxy) is 1. The Morgan fingerprint density at radius 2 is 2.00 bits per heavy atom. The van der Waals surface area contributed by atoms with E-state index in [2.05, 4.69) is 12.2 Å². The lowest BCUT2D eigenvalue weighted by Crippen LogP contribution is -2.40.